The molecule has 0 unspecified atom stereocenters. The number of carbonyl (C=O) groups excluding carboxylic acids is 1. The Morgan fingerprint density at radius 3 is 1.62 bits per heavy atom. The molecular formula is C28H46Cl3NO23S. The maximum atomic E-state index is 10.5. The van der Waals surface area contributed by atoms with Crippen LogP contribution >= 0.6 is 34.8 Å². The monoisotopic (exact) mass is 901 g/mol. The predicted molar refractivity (Wildman–Crippen MR) is 180 cm³/mol. The summed E-state index contributed by atoms with van der Waals surface area (Å²) in [4.78, 5) is 10.4. The Balaban J connectivity index is 0.000000242. The number of amides is 1. The van der Waals surface area contributed by atoms with Gasteiger partial charge in [-0.05, 0) is 6.92 Å². The number of alkyl halides is 3. The van der Waals surface area contributed by atoms with Crippen LogP contribution in [-0.2, 0) is 47.7 Å². The Kier molecular flexibility index (Phi) is 18.1. The normalized spacial score (nSPS) is 46.0. The molecule has 5 heterocycles. The minimum Gasteiger partial charge on any atom is -0.394 e. The van der Waals surface area contributed by atoms with Crippen LogP contribution in [0.3, 0.4) is 0 Å². The van der Waals surface area contributed by atoms with Gasteiger partial charge in [0.1, 0.15) is 91.7 Å². The maximum Gasteiger partial charge on any atom is 0.409 e. The molecule has 18 atom stereocenters. The van der Waals surface area contributed by atoms with Crippen molar-refractivity contribution in [3.8, 4) is 0 Å². The molecule has 14 N–H and O–H groups in total. The van der Waals surface area contributed by atoms with Crippen LogP contribution in [0.25, 0.3) is 0 Å². The molecule has 328 valence electrons. The molecule has 0 aromatic rings. The van der Waals surface area contributed by atoms with E-state index >= 15 is 0 Å². The van der Waals surface area contributed by atoms with E-state index in [0.717, 1.165) is 6.08 Å². The summed E-state index contributed by atoms with van der Waals surface area (Å²) in [6.07, 6.45) is -21.0. The summed E-state index contributed by atoms with van der Waals surface area (Å²) >= 11 is 17.3. The summed E-state index contributed by atoms with van der Waals surface area (Å²) in [5, 5.41) is 125. The summed E-state index contributed by atoms with van der Waals surface area (Å²) in [5.41, 5.74) is 0. The fourth-order valence-electron chi connectivity index (χ4n) is 5.74. The van der Waals surface area contributed by atoms with Crippen molar-refractivity contribution in [1.29, 1.82) is 0 Å². The fraction of sp³-hybridized carbons (Fsp3) is 0.893. The highest BCUT2D eigenvalue weighted by Gasteiger charge is 2.59. The summed E-state index contributed by atoms with van der Waals surface area (Å²) < 4.78 is 58.4. The number of carbonyl (C=O) groups is 1. The third kappa shape index (κ3) is 10.9. The number of halogens is 3. The van der Waals surface area contributed by atoms with Crippen LogP contribution in [0.5, 0.6) is 0 Å². The largest absolute Gasteiger partial charge is 0.409 e. The number of rotatable bonds is 10. The molecule has 0 radical (unpaired) electrons. The molecule has 4 fully saturated rings. The number of ether oxygens (including phenoxy) is 6. The van der Waals surface area contributed by atoms with E-state index < -0.39 is 157 Å². The van der Waals surface area contributed by atoms with Gasteiger partial charge in [-0.3, -0.25) is 4.79 Å². The molecule has 5 rings (SSSR count). The van der Waals surface area contributed by atoms with Gasteiger partial charge in [0.15, 0.2) is 12.6 Å². The minimum absolute atomic E-state index is 0.0729. The SMILES string of the molecule is CC1=CC(=O)NS(=O)(=O)O1.OC[C@H]1O[C@@](CO)(O[C@H]2O[C@H](CO)[C@@H](O)[C@H](O)[C@H]2O)[C@@H](O)[C@@H]1O.OC[C@H]1O[C@H](O[C@]2(CCl)O[C@H](CCl)[C@@H](O)[C@@H]2O)[C@H](O)[C@@H](O)[C@H]1Cl. The van der Waals surface area contributed by atoms with Crippen LogP contribution in [0.15, 0.2) is 11.8 Å². The first kappa shape index (κ1) is 49.4. The van der Waals surface area contributed by atoms with Crippen molar-refractivity contribution in [1.82, 2.24) is 4.72 Å². The topological polar surface area (TPSA) is 391 Å². The van der Waals surface area contributed by atoms with E-state index in [2.05, 4.69) is 4.18 Å². The lowest BCUT2D eigenvalue weighted by molar-refractivity contribution is -0.383. The van der Waals surface area contributed by atoms with E-state index in [1.807, 2.05) is 0 Å². The zero-order chi connectivity index (χ0) is 42.5. The summed E-state index contributed by atoms with van der Waals surface area (Å²) in [7, 11) is -3.85. The Bertz CT molecular complexity index is 1350. The average Bonchev–Trinajstić information content (AvgIpc) is 3.55. The number of hydrogen-bond acceptors (Lipinski definition) is 23. The third-order valence-corrected chi connectivity index (χ3v) is 11.0. The van der Waals surface area contributed by atoms with E-state index in [0.29, 0.717) is 0 Å². The first-order valence-electron chi connectivity index (χ1n) is 16.4. The quantitative estimate of drug-likeness (QED) is 0.0906. The number of nitrogens with one attached hydrogen (secondary N) is 1. The van der Waals surface area contributed by atoms with Crippen molar-refractivity contribution in [3.05, 3.63) is 11.8 Å². The Morgan fingerprint density at radius 1 is 0.696 bits per heavy atom. The Labute approximate surface area is 333 Å². The molecule has 0 aliphatic carbocycles. The van der Waals surface area contributed by atoms with Crippen LogP contribution < -0.4 is 4.72 Å². The molecule has 0 bridgehead atoms. The van der Waals surface area contributed by atoms with Crippen molar-refractivity contribution in [2.24, 2.45) is 0 Å². The number of aliphatic hydroxyl groups is 13. The summed E-state index contributed by atoms with van der Waals surface area (Å²) in [5.74, 6) is -5.26. The van der Waals surface area contributed by atoms with Gasteiger partial charge in [-0.1, -0.05) is 0 Å². The highest BCUT2D eigenvalue weighted by atomic mass is 35.5. The summed E-state index contributed by atoms with van der Waals surface area (Å²) in [6, 6.07) is 0. The van der Waals surface area contributed by atoms with E-state index in [1.165, 1.54) is 6.92 Å². The van der Waals surface area contributed by atoms with E-state index in [4.69, 9.17) is 73.4 Å². The molecule has 0 aromatic heterocycles. The van der Waals surface area contributed by atoms with Crippen molar-refractivity contribution >= 4 is 51.0 Å². The predicted octanol–water partition coefficient (Wildman–Crippen LogP) is -7.77. The van der Waals surface area contributed by atoms with Gasteiger partial charge in [-0.25, -0.2) is 4.72 Å². The second kappa shape index (κ2) is 20.6. The molecule has 0 saturated carbocycles. The number of hydrogen-bond donors (Lipinski definition) is 14. The second-order valence-electron chi connectivity index (χ2n) is 12.8. The van der Waals surface area contributed by atoms with Gasteiger partial charge in [-0.2, -0.15) is 8.42 Å². The highest BCUT2D eigenvalue weighted by molar-refractivity contribution is 7.85. The number of allylic oxidation sites excluding steroid dienone is 1. The lowest BCUT2D eigenvalue weighted by atomic mass is 9.99. The van der Waals surface area contributed by atoms with Gasteiger partial charge < -0.3 is 99.0 Å². The molecule has 24 nitrogen and oxygen atoms in total. The standard InChI is InChI=1S/C12H19Cl3O8.C12H22O11.C4H5NO4S/c13-1-4-7(17)10(20)12(3-14,22-4)23-11-9(19)8(18)6(15)5(2-16)21-11;13-1-4-6(16)8(18)9(19)11(21-4)23-12(3-15)10(20)7(17)5(2-14)22-12;1-3-2-4(6)5-10(7,8)9-3/h4-11,16-20H,1-3H2;4-11,13-20H,1-3H2;2H,1H3,(H,5,6)/t4-,5-,6+,7-,8+,9-,10+,11-,12+;4-,5-,6-,7-,8+,9-,10+,11-,12+;/m11./s1. The molecular weight excluding hydrogens is 857 g/mol. The highest BCUT2D eigenvalue weighted by Crippen LogP contribution is 2.39. The first-order valence-corrected chi connectivity index (χ1v) is 19.3. The Hall–Kier alpha value is -0.930. The van der Waals surface area contributed by atoms with Gasteiger partial charge >= 0.3 is 10.3 Å². The molecule has 0 spiro atoms. The van der Waals surface area contributed by atoms with Crippen molar-refractivity contribution in [3.63, 3.8) is 0 Å². The van der Waals surface area contributed by atoms with Gasteiger partial charge in [0.2, 0.25) is 11.6 Å². The molecule has 56 heavy (non-hydrogen) atoms. The average molecular weight is 903 g/mol. The lowest BCUT2D eigenvalue weighted by Crippen LogP contribution is -2.62. The van der Waals surface area contributed by atoms with Crippen LogP contribution in [-0.4, -0.2) is 228 Å². The minimum atomic E-state index is -3.85. The zero-order valence-electron chi connectivity index (χ0n) is 29.0. The molecule has 1 amide bonds. The maximum absolute atomic E-state index is 10.5. The molecule has 4 saturated heterocycles. The van der Waals surface area contributed by atoms with Crippen molar-refractivity contribution in [2.75, 3.05) is 38.2 Å². The molecule has 5 aliphatic heterocycles. The fourth-order valence-corrected chi connectivity index (χ4v) is 7.30. The lowest BCUT2D eigenvalue weighted by Gasteiger charge is -2.43. The molecule has 28 heteroatoms. The van der Waals surface area contributed by atoms with Crippen molar-refractivity contribution in [2.45, 2.75) is 116 Å². The van der Waals surface area contributed by atoms with Gasteiger partial charge in [0.25, 0.3) is 5.91 Å². The van der Waals surface area contributed by atoms with Crippen LogP contribution in [0.4, 0.5) is 0 Å². The van der Waals surface area contributed by atoms with Crippen LogP contribution in [0.1, 0.15) is 6.92 Å². The smallest absolute Gasteiger partial charge is 0.394 e. The molecule has 5 aliphatic rings. The molecule has 0 aromatic carbocycles. The van der Waals surface area contributed by atoms with Crippen LogP contribution in [0, 0.1) is 0 Å². The van der Waals surface area contributed by atoms with E-state index in [9.17, 15) is 69.4 Å². The first-order chi connectivity index (χ1) is 26.1. The number of aliphatic hydroxyl groups excluding tert-OH is 13. The second-order valence-corrected chi connectivity index (χ2v) is 15.1. The van der Waals surface area contributed by atoms with Gasteiger partial charge in [-0.15, -0.1) is 34.8 Å². The summed E-state index contributed by atoms with van der Waals surface area (Å²) in [6.45, 7) is -1.46. The van der Waals surface area contributed by atoms with Crippen molar-refractivity contribution < 1.29 is 112 Å². The van der Waals surface area contributed by atoms with Gasteiger partial charge in [0, 0.05) is 6.08 Å². The Morgan fingerprint density at radius 2 is 1.18 bits per heavy atom. The zero-order valence-corrected chi connectivity index (χ0v) is 32.1. The third-order valence-electron chi connectivity index (χ3n) is 8.83. The van der Waals surface area contributed by atoms with Gasteiger partial charge in [0.05, 0.1) is 37.0 Å². The van der Waals surface area contributed by atoms with Crippen LogP contribution in [0.2, 0.25) is 0 Å². The van der Waals surface area contributed by atoms with E-state index in [-0.39, 0.29) is 11.6 Å². The van der Waals surface area contributed by atoms with E-state index in [1.54, 1.807) is 4.72 Å².